The highest BCUT2D eigenvalue weighted by molar-refractivity contribution is 5.88. The lowest BCUT2D eigenvalue weighted by Crippen LogP contribution is -2.66. The van der Waals surface area contributed by atoms with Crippen LogP contribution in [0.25, 0.3) is 17.2 Å². The van der Waals surface area contributed by atoms with E-state index in [1.165, 1.54) is 7.11 Å². The van der Waals surface area contributed by atoms with Crippen molar-refractivity contribution < 1.29 is 33.1 Å². The summed E-state index contributed by atoms with van der Waals surface area (Å²) in [5, 5.41) is 2.87. The summed E-state index contributed by atoms with van der Waals surface area (Å²) in [4.78, 5) is 40.9. The Morgan fingerprint density at radius 1 is 1.05 bits per heavy atom. The molecule has 1 saturated heterocycles. The van der Waals surface area contributed by atoms with E-state index < -0.39 is 28.3 Å². The van der Waals surface area contributed by atoms with Gasteiger partial charge in [0.25, 0.3) is 0 Å². The number of alkyl carbamates (subject to hydrolysis) is 1. The first-order valence-electron chi connectivity index (χ1n) is 15.4. The third-order valence-corrected chi connectivity index (χ3v) is 8.67. The predicted molar refractivity (Wildman–Crippen MR) is 167 cm³/mol. The van der Waals surface area contributed by atoms with Crippen molar-refractivity contribution >= 4 is 24.2 Å². The number of ether oxygens (including phenoxy) is 3. The van der Waals surface area contributed by atoms with Crippen LogP contribution in [0.5, 0.6) is 0 Å². The summed E-state index contributed by atoms with van der Waals surface area (Å²) in [6.07, 6.45) is 5.34. The first-order chi connectivity index (χ1) is 20.5. The van der Waals surface area contributed by atoms with Crippen LogP contribution in [-0.4, -0.2) is 60.0 Å². The molecule has 2 aromatic rings. The molecule has 232 valence electrons. The lowest BCUT2D eigenvalue weighted by Gasteiger charge is -2.37. The van der Waals surface area contributed by atoms with E-state index in [4.69, 9.17) is 14.2 Å². The fourth-order valence-corrected chi connectivity index (χ4v) is 6.50. The molecule has 0 radical (unpaired) electrons. The Labute approximate surface area is 256 Å². The second-order valence-corrected chi connectivity index (χ2v) is 12.9. The average Bonchev–Trinajstić information content (AvgIpc) is 3.34. The molecule has 3 amide bonds. The summed E-state index contributed by atoms with van der Waals surface area (Å²) >= 11 is 0. The largest absolute Gasteiger partial charge is 0.523 e. The highest BCUT2D eigenvalue weighted by Gasteiger charge is 2.60. The molecule has 1 heterocycles. The number of benzene rings is 2. The van der Waals surface area contributed by atoms with Crippen molar-refractivity contribution in [1.82, 2.24) is 5.32 Å². The molecule has 0 spiro atoms. The molecule has 1 N–H and O–H groups in total. The Morgan fingerprint density at radius 3 is 2.37 bits per heavy atom. The molecule has 8 heteroatoms. The summed E-state index contributed by atoms with van der Waals surface area (Å²) < 4.78 is 16.6. The van der Waals surface area contributed by atoms with Crippen LogP contribution in [0, 0.1) is 5.92 Å². The summed E-state index contributed by atoms with van der Waals surface area (Å²) in [6.45, 7) is 11.6. The molecular formula is C35H47N2O6+. The molecule has 43 heavy (non-hydrogen) atoms. The molecule has 1 aliphatic carbocycles. The van der Waals surface area contributed by atoms with Gasteiger partial charge in [-0.1, -0.05) is 68.3 Å². The van der Waals surface area contributed by atoms with Crippen molar-refractivity contribution in [1.29, 1.82) is 0 Å². The smallest absolute Gasteiger partial charge is 0.444 e. The number of rotatable bonds is 8. The standard InChI is InChI=1S/C35H46N2O6/c1-7-25-13-11-17-28(20-25)29-18-12-14-26(21-29)23-42-30-19-24(2)37(22-30,34(40)41-6)32(38)31(27-15-9-8-10-16-27)36-33(39)43-35(3,4)5/h7,11-14,17-18,20-21,24,27,30-31H,1,8-10,15-16,19,22-23H2,2-6H3/p+1/t24-,30-,31+,37?/m1/s1. The molecule has 1 saturated carbocycles. The summed E-state index contributed by atoms with van der Waals surface area (Å²) in [6, 6.07) is 15.1. The number of hydrogen-bond donors (Lipinski definition) is 1. The van der Waals surface area contributed by atoms with Crippen molar-refractivity contribution in [3.8, 4) is 11.1 Å². The number of carbonyl (C=O) groups is 3. The minimum atomic E-state index is -0.863. The van der Waals surface area contributed by atoms with E-state index in [1.54, 1.807) is 20.8 Å². The monoisotopic (exact) mass is 591 g/mol. The van der Waals surface area contributed by atoms with Gasteiger partial charge in [0.1, 0.15) is 24.3 Å². The maximum absolute atomic E-state index is 14.5. The van der Waals surface area contributed by atoms with Crippen molar-refractivity contribution in [2.75, 3.05) is 13.7 Å². The molecule has 2 aromatic carbocycles. The second kappa shape index (κ2) is 13.9. The zero-order valence-electron chi connectivity index (χ0n) is 26.3. The normalized spacial score (nSPS) is 23.3. The number of hydrogen-bond acceptors (Lipinski definition) is 6. The van der Waals surface area contributed by atoms with Crippen LogP contribution in [0.2, 0.25) is 0 Å². The van der Waals surface area contributed by atoms with Gasteiger partial charge in [0.05, 0.1) is 13.7 Å². The van der Waals surface area contributed by atoms with E-state index >= 15 is 0 Å². The number of methoxy groups -OCH3 is 1. The van der Waals surface area contributed by atoms with Crippen molar-refractivity contribution in [2.24, 2.45) is 5.92 Å². The van der Waals surface area contributed by atoms with Gasteiger partial charge in [-0.25, -0.2) is 9.59 Å². The molecule has 2 aliphatic rings. The van der Waals surface area contributed by atoms with Crippen LogP contribution < -0.4 is 5.32 Å². The minimum Gasteiger partial charge on any atom is -0.444 e. The van der Waals surface area contributed by atoms with E-state index in [0.29, 0.717) is 13.0 Å². The SMILES string of the molecule is C=Cc1cccc(-c2cccc(CO[C@@H]3C[C@@H](C)[N+](C(=O)OC)(C(=O)[C@@H](NC(=O)OC(C)(C)C)C4CCCCC4)C3)c2)c1. The fraction of sp³-hybridized carbons (Fsp3) is 0.514. The van der Waals surface area contributed by atoms with Crippen LogP contribution in [0.15, 0.2) is 55.1 Å². The van der Waals surface area contributed by atoms with E-state index in [1.807, 2.05) is 37.3 Å². The highest BCUT2D eigenvalue weighted by Crippen LogP contribution is 2.36. The van der Waals surface area contributed by atoms with Gasteiger partial charge in [-0.15, -0.1) is 0 Å². The highest BCUT2D eigenvalue weighted by atomic mass is 16.6. The zero-order valence-corrected chi connectivity index (χ0v) is 26.3. The van der Waals surface area contributed by atoms with Crippen LogP contribution in [0.1, 0.15) is 77.3 Å². The van der Waals surface area contributed by atoms with Gasteiger partial charge in [-0.05, 0) is 80.8 Å². The average molecular weight is 592 g/mol. The third kappa shape index (κ3) is 7.73. The zero-order chi connectivity index (χ0) is 31.2. The van der Waals surface area contributed by atoms with E-state index in [9.17, 15) is 14.4 Å². The topological polar surface area (TPSA) is 90.9 Å². The summed E-state index contributed by atoms with van der Waals surface area (Å²) in [5.41, 5.74) is 3.49. The lowest BCUT2D eigenvalue weighted by molar-refractivity contribution is -0.795. The van der Waals surface area contributed by atoms with Gasteiger partial charge >= 0.3 is 18.1 Å². The Bertz CT molecular complexity index is 1310. The van der Waals surface area contributed by atoms with Gasteiger partial charge < -0.3 is 19.5 Å². The number of amides is 3. The van der Waals surface area contributed by atoms with Crippen molar-refractivity contribution in [3.63, 3.8) is 0 Å². The number of nitrogens with one attached hydrogen (secondary N) is 1. The van der Waals surface area contributed by atoms with Crippen molar-refractivity contribution in [2.45, 2.75) is 96.6 Å². The molecular weight excluding hydrogens is 544 g/mol. The molecule has 2 fully saturated rings. The Morgan fingerprint density at radius 2 is 1.72 bits per heavy atom. The molecule has 8 nitrogen and oxygen atoms in total. The molecule has 1 aliphatic heterocycles. The summed E-state index contributed by atoms with van der Waals surface area (Å²) in [7, 11) is 1.31. The molecule has 4 rings (SSSR count). The summed E-state index contributed by atoms with van der Waals surface area (Å²) in [5.74, 6) is -0.435. The fourth-order valence-electron chi connectivity index (χ4n) is 6.50. The first kappa shape index (κ1) is 32.4. The molecule has 1 unspecified atom stereocenters. The first-order valence-corrected chi connectivity index (χ1v) is 15.4. The third-order valence-electron chi connectivity index (χ3n) is 8.67. The van der Waals surface area contributed by atoms with Crippen LogP contribution in [0.4, 0.5) is 9.59 Å². The van der Waals surface area contributed by atoms with Gasteiger partial charge in [0.2, 0.25) is 0 Å². The molecule has 0 bridgehead atoms. The number of likely N-dealkylation sites (tertiary alicyclic amines) is 1. The lowest BCUT2D eigenvalue weighted by atomic mass is 9.83. The Kier molecular flexibility index (Phi) is 10.5. The maximum Gasteiger partial charge on any atom is 0.523 e. The second-order valence-electron chi connectivity index (χ2n) is 12.9. The predicted octanol–water partition coefficient (Wildman–Crippen LogP) is 7.26. The van der Waals surface area contributed by atoms with Crippen LogP contribution in [0.3, 0.4) is 0 Å². The van der Waals surface area contributed by atoms with Gasteiger partial charge in [-0.2, -0.15) is 9.28 Å². The molecule has 4 atom stereocenters. The molecule has 0 aromatic heterocycles. The quantitative estimate of drug-likeness (QED) is 0.325. The van der Waals surface area contributed by atoms with Gasteiger partial charge in [0.15, 0.2) is 6.04 Å². The number of nitrogens with zero attached hydrogens (tertiary/aromatic N) is 1. The maximum atomic E-state index is 14.5. The van der Waals surface area contributed by atoms with Crippen LogP contribution >= 0.6 is 0 Å². The number of imide groups is 1. The van der Waals surface area contributed by atoms with E-state index in [2.05, 4.69) is 36.2 Å². The minimum absolute atomic E-state index is 0.0806. The van der Waals surface area contributed by atoms with E-state index in [0.717, 1.165) is 54.4 Å². The van der Waals surface area contributed by atoms with Crippen molar-refractivity contribution in [3.05, 3.63) is 66.2 Å². The number of quaternary nitrogens is 1. The van der Waals surface area contributed by atoms with Gasteiger partial charge in [0, 0.05) is 6.42 Å². The van der Waals surface area contributed by atoms with Crippen LogP contribution in [-0.2, 0) is 25.6 Å². The van der Waals surface area contributed by atoms with E-state index in [-0.39, 0.29) is 30.5 Å². The Hall–Kier alpha value is -3.49. The van der Waals surface area contributed by atoms with Gasteiger partial charge in [-0.3, -0.25) is 0 Å². The Balaban J connectivity index is 1.54. The number of carbonyl (C=O) groups excluding carboxylic acids is 3.